The first-order valence-electron chi connectivity index (χ1n) is 24.3. The minimum absolute atomic E-state index is 0.561. The Morgan fingerprint density at radius 3 is 1.33 bits per heavy atom. The van der Waals surface area contributed by atoms with Crippen LogP contribution < -0.4 is 4.90 Å². The van der Waals surface area contributed by atoms with E-state index in [1.165, 1.54) is 89.0 Å². The van der Waals surface area contributed by atoms with Gasteiger partial charge in [0.2, 0.25) is 0 Å². The van der Waals surface area contributed by atoms with Crippen LogP contribution >= 0.6 is 0 Å². The number of hydrogen-bond acceptors (Lipinski definition) is 2. The van der Waals surface area contributed by atoms with Crippen LogP contribution in [0.2, 0.25) is 0 Å². The molecule has 70 heavy (non-hydrogen) atoms. The first-order chi connectivity index (χ1) is 34.7. The van der Waals surface area contributed by atoms with E-state index < -0.39 is 10.8 Å². The van der Waals surface area contributed by atoms with Crippen LogP contribution in [0.15, 0.2) is 265 Å². The maximum absolute atomic E-state index is 6.67. The molecule has 1 spiro atoms. The topological polar surface area (TPSA) is 16.4 Å². The molecule has 0 amide bonds. The zero-order valence-electron chi connectivity index (χ0n) is 38.2. The standard InChI is InChI=1S/C68H43NO/c1-4-19-44(20-5-1)45-35-38-53-55-40-37-49(43-62(55)68(60(53)41-45)58-30-15-11-25-50(58)51-26-12-16-31-59(51)68)69(63-32-18-34-65-66(63)56-28-13-17-33-64(56)70-65)48-36-39-54-52-27-10-14-29-57(52)67(61(54)42-48,46-21-6-2-7-22-46)47-23-8-3-9-24-47/h1-43H. The van der Waals surface area contributed by atoms with Gasteiger partial charge in [-0.3, -0.25) is 0 Å². The van der Waals surface area contributed by atoms with E-state index in [1.807, 2.05) is 0 Å². The number of anilines is 3. The van der Waals surface area contributed by atoms with E-state index in [9.17, 15) is 0 Å². The largest absolute Gasteiger partial charge is 0.456 e. The highest BCUT2D eigenvalue weighted by atomic mass is 16.3. The van der Waals surface area contributed by atoms with Crippen molar-refractivity contribution < 1.29 is 4.42 Å². The Morgan fingerprint density at radius 2 is 0.729 bits per heavy atom. The molecule has 0 fully saturated rings. The zero-order chi connectivity index (χ0) is 46.0. The Kier molecular flexibility index (Phi) is 8.24. The monoisotopic (exact) mass is 889 g/mol. The molecule has 0 unspecified atom stereocenters. The first-order valence-corrected chi connectivity index (χ1v) is 24.3. The molecule has 3 aliphatic carbocycles. The van der Waals surface area contributed by atoms with Crippen LogP contribution in [-0.2, 0) is 10.8 Å². The molecule has 0 radical (unpaired) electrons. The lowest BCUT2D eigenvalue weighted by Gasteiger charge is -2.35. The highest BCUT2D eigenvalue weighted by Crippen LogP contribution is 2.64. The molecule has 0 saturated carbocycles. The first kappa shape index (κ1) is 39.1. The lowest BCUT2D eigenvalue weighted by molar-refractivity contribution is 0.669. The second-order valence-corrected chi connectivity index (χ2v) is 19.0. The summed E-state index contributed by atoms with van der Waals surface area (Å²) in [5, 5.41) is 2.17. The third-order valence-corrected chi connectivity index (χ3v) is 15.8. The minimum Gasteiger partial charge on any atom is -0.456 e. The number of benzene rings is 11. The highest BCUT2D eigenvalue weighted by Gasteiger charge is 2.52. The Labute approximate surface area is 407 Å². The van der Waals surface area contributed by atoms with Crippen LogP contribution in [0, 0.1) is 0 Å². The SMILES string of the molecule is c1ccc(-c2ccc3c(c2)C2(c4ccccc4-c4ccccc42)c2cc(N(c4ccc5c(c4)C(c4ccccc4)(c4ccccc4)c4ccccc4-5)c4cccc5oc6ccccc6c45)ccc2-3)cc1. The highest BCUT2D eigenvalue weighted by molar-refractivity contribution is 6.13. The molecule has 0 bridgehead atoms. The number of rotatable bonds is 6. The smallest absolute Gasteiger partial charge is 0.137 e. The van der Waals surface area contributed by atoms with Crippen LogP contribution in [0.1, 0.15) is 44.5 Å². The molecule has 2 heteroatoms. The van der Waals surface area contributed by atoms with Crippen molar-refractivity contribution in [3.05, 3.63) is 305 Å². The van der Waals surface area contributed by atoms with Gasteiger partial charge in [-0.15, -0.1) is 0 Å². The van der Waals surface area contributed by atoms with Crippen molar-refractivity contribution in [3.63, 3.8) is 0 Å². The maximum Gasteiger partial charge on any atom is 0.137 e. The minimum atomic E-state index is -0.568. The number of furan rings is 1. The summed E-state index contributed by atoms with van der Waals surface area (Å²) < 4.78 is 6.67. The van der Waals surface area contributed by atoms with Gasteiger partial charge in [-0.05, 0) is 138 Å². The number of nitrogens with zero attached hydrogens (tertiary/aromatic N) is 1. The second kappa shape index (κ2) is 14.8. The van der Waals surface area contributed by atoms with Crippen LogP contribution in [-0.4, -0.2) is 0 Å². The fraction of sp³-hybridized carbons (Fsp3) is 0.0294. The van der Waals surface area contributed by atoms with Crippen LogP contribution in [0.4, 0.5) is 17.1 Å². The molecular weight excluding hydrogens is 847 g/mol. The second-order valence-electron chi connectivity index (χ2n) is 19.0. The van der Waals surface area contributed by atoms with E-state index in [0.29, 0.717) is 0 Å². The van der Waals surface area contributed by atoms with E-state index in [-0.39, 0.29) is 0 Å². The Balaban J connectivity index is 1.04. The molecule has 15 rings (SSSR count). The summed E-state index contributed by atoms with van der Waals surface area (Å²) in [6.45, 7) is 0. The lowest BCUT2D eigenvalue weighted by atomic mass is 9.67. The van der Waals surface area contributed by atoms with E-state index in [0.717, 1.165) is 39.0 Å². The normalized spacial score (nSPS) is 13.9. The molecular formula is C68H43NO. The number of para-hydroxylation sites is 1. The average molecular weight is 890 g/mol. The van der Waals surface area contributed by atoms with Crippen LogP contribution in [0.3, 0.4) is 0 Å². The molecule has 12 aromatic rings. The summed E-state index contributed by atoms with van der Waals surface area (Å²) in [6, 6.07) is 96.9. The summed E-state index contributed by atoms with van der Waals surface area (Å²) in [4.78, 5) is 2.51. The summed E-state index contributed by atoms with van der Waals surface area (Å²) in [5.74, 6) is 0. The Bertz CT molecular complexity index is 3990. The van der Waals surface area contributed by atoms with E-state index in [1.54, 1.807) is 0 Å². The summed E-state index contributed by atoms with van der Waals surface area (Å²) >= 11 is 0. The van der Waals surface area contributed by atoms with Gasteiger partial charge >= 0.3 is 0 Å². The third-order valence-electron chi connectivity index (χ3n) is 15.8. The Hall–Kier alpha value is -8.98. The van der Waals surface area contributed by atoms with Crippen molar-refractivity contribution in [2.45, 2.75) is 10.8 Å². The van der Waals surface area contributed by atoms with Gasteiger partial charge in [0, 0.05) is 16.8 Å². The fourth-order valence-corrected chi connectivity index (χ4v) is 13.0. The number of hydrogen-bond donors (Lipinski definition) is 0. The van der Waals surface area contributed by atoms with Gasteiger partial charge in [-0.2, -0.15) is 0 Å². The van der Waals surface area contributed by atoms with Crippen molar-refractivity contribution in [2.24, 2.45) is 0 Å². The van der Waals surface area contributed by atoms with E-state index >= 15 is 0 Å². The molecule has 1 aromatic heterocycles. The predicted molar refractivity (Wildman–Crippen MR) is 287 cm³/mol. The molecule has 0 atom stereocenters. The molecule has 326 valence electrons. The van der Waals surface area contributed by atoms with Crippen LogP contribution in [0.5, 0.6) is 0 Å². The van der Waals surface area contributed by atoms with E-state index in [2.05, 4.69) is 266 Å². The molecule has 11 aromatic carbocycles. The maximum atomic E-state index is 6.67. The Morgan fingerprint density at radius 1 is 0.286 bits per heavy atom. The van der Waals surface area contributed by atoms with Crippen molar-refractivity contribution in [2.75, 3.05) is 4.90 Å². The van der Waals surface area contributed by atoms with Gasteiger partial charge < -0.3 is 9.32 Å². The fourth-order valence-electron chi connectivity index (χ4n) is 13.0. The van der Waals surface area contributed by atoms with Crippen molar-refractivity contribution >= 4 is 39.0 Å². The zero-order valence-corrected chi connectivity index (χ0v) is 38.2. The van der Waals surface area contributed by atoms with Gasteiger partial charge in [0.1, 0.15) is 11.2 Å². The van der Waals surface area contributed by atoms with Gasteiger partial charge in [-0.1, -0.05) is 212 Å². The summed E-state index contributed by atoms with van der Waals surface area (Å²) in [6.07, 6.45) is 0. The predicted octanol–water partition coefficient (Wildman–Crippen LogP) is 17.4. The lowest BCUT2D eigenvalue weighted by Crippen LogP contribution is -2.28. The summed E-state index contributed by atoms with van der Waals surface area (Å²) in [5.41, 5.74) is 24.1. The van der Waals surface area contributed by atoms with Crippen LogP contribution in [0.25, 0.3) is 66.4 Å². The van der Waals surface area contributed by atoms with Gasteiger partial charge in [0.25, 0.3) is 0 Å². The molecule has 3 aliphatic rings. The molecule has 0 aliphatic heterocycles. The molecule has 2 nitrogen and oxygen atoms in total. The number of fused-ring (bicyclic) bond motifs is 16. The van der Waals surface area contributed by atoms with Crippen molar-refractivity contribution in [3.8, 4) is 44.5 Å². The van der Waals surface area contributed by atoms with Gasteiger partial charge in [0.05, 0.1) is 21.9 Å². The van der Waals surface area contributed by atoms with Gasteiger partial charge in [0.15, 0.2) is 0 Å². The summed E-state index contributed by atoms with van der Waals surface area (Å²) in [7, 11) is 0. The quantitative estimate of drug-likeness (QED) is 0.165. The van der Waals surface area contributed by atoms with Gasteiger partial charge in [-0.25, -0.2) is 0 Å². The third kappa shape index (κ3) is 5.17. The molecule has 0 saturated heterocycles. The average Bonchev–Trinajstić information content (AvgIpc) is 4.14. The van der Waals surface area contributed by atoms with E-state index in [4.69, 9.17) is 4.42 Å². The molecule has 1 heterocycles. The van der Waals surface area contributed by atoms with Crippen molar-refractivity contribution in [1.82, 2.24) is 0 Å². The molecule has 0 N–H and O–H groups in total. The van der Waals surface area contributed by atoms with Crippen molar-refractivity contribution in [1.29, 1.82) is 0 Å².